The van der Waals surface area contributed by atoms with Crippen molar-refractivity contribution in [2.75, 3.05) is 36.1 Å². The molecule has 1 aromatic heterocycles. The van der Waals surface area contributed by atoms with Gasteiger partial charge in [-0.15, -0.1) is 0 Å². The van der Waals surface area contributed by atoms with Crippen LogP contribution in [0.4, 0.5) is 11.6 Å². The van der Waals surface area contributed by atoms with Crippen molar-refractivity contribution < 1.29 is 0 Å². The summed E-state index contributed by atoms with van der Waals surface area (Å²) in [4.78, 5) is 11.1. The molecule has 20 heavy (non-hydrogen) atoms. The van der Waals surface area contributed by atoms with Gasteiger partial charge in [-0.25, -0.2) is 9.97 Å². The van der Waals surface area contributed by atoms with E-state index >= 15 is 0 Å². The molecule has 0 saturated heterocycles. The van der Waals surface area contributed by atoms with E-state index in [0.29, 0.717) is 6.54 Å². The lowest BCUT2D eigenvalue weighted by molar-refractivity contribution is 0.674. The van der Waals surface area contributed by atoms with Gasteiger partial charge in [0.25, 0.3) is 0 Å². The Hall–Kier alpha value is -1.48. The van der Waals surface area contributed by atoms with Gasteiger partial charge in [-0.1, -0.05) is 18.7 Å². The average Bonchev–Trinajstić information content (AvgIpc) is 2.49. The van der Waals surface area contributed by atoms with Crippen LogP contribution in [0.1, 0.15) is 27.2 Å². The van der Waals surface area contributed by atoms with E-state index in [2.05, 4.69) is 40.1 Å². The largest absolute Gasteiger partial charge is 0.370 e. The molecule has 1 rings (SSSR count). The van der Waals surface area contributed by atoms with Gasteiger partial charge in [-0.05, 0) is 26.5 Å². The molecule has 0 aliphatic rings. The first kappa shape index (κ1) is 16.6. The van der Waals surface area contributed by atoms with Gasteiger partial charge in [0.05, 0.1) is 12.0 Å². The van der Waals surface area contributed by atoms with Gasteiger partial charge in [-0.3, -0.25) is 0 Å². The van der Waals surface area contributed by atoms with Crippen molar-refractivity contribution in [3.05, 3.63) is 6.07 Å². The van der Waals surface area contributed by atoms with E-state index in [0.717, 1.165) is 36.3 Å². The highest BCUT2D eigenvalue weighted by Crippen LogP contribution is 2.21. The zero-order valence-electron chi connectivity index (χ0n) is 12.7. The molecule has 0 fully saturated rings. The Bertz CT molecular complexity index is 457. The molecule has 5 nitrogen and oxygen atoms in total. The fourth-order valence-electron chi connectivity index (χ4n) is 1.77. The molecule has 1 atom stereocenters. The predicted molar refractivity (Wildman–Crippen MR) is 85.3 cm³/mol. The van der Waals surface area contributed by atoms with Crippen molar-refractivity contribution in [3.63, 3.8) is 0 Å². The fraction of sp³-hybridized carbons (Fsp3) is 0.643. The van der Waals surface area contributed by atoms with Crippen LogP contribution in [0.25, 0.3) is 0 Å². The Kier molecular flexibility index (Phi) is 7.16. The molecular formula is C14H23N5S. The minimum atomic E-state index is -0.0188. The third-order valence-electron chi connectivity index (χ3n) is 2.85. The summed E-state index contributed by atoms with van der Waals surface area (Å²) >= 11 is 1.53. The number of anilines is 2. The Morgan fingerprint density at radius 3 is 2.75 bits per heavy atom. The number of aromatic nitrogens is 2. The molecule has 1 N–H and O–H groups in total. The lowest BCUT2D eigenvalue weighted by atomic mass is 10.2. The average molecular weight is 293 g/mol. The highest BCUT2D eigenvalue weighted by molar-refractivity contribution is 7.98. The zero-order chi connectivity index (χ0) is 15.0. The van der Waals surface area contributed by atoms with Crippen molar-refractivity contribution >= 4 is 23.4 Å². The van der Waals surface area contributed by atoms with E-state index in [9.17, 15) is 0 Å². The summed E-state index contributed by atoms with van der Waals surface area (Å²) in [6.07, 6.45) is 3.02. The lowest BCUT2D eigenvalue weighted by Crippen LogP contribution is -2.29. The summed E-state index contributed by atoms with van der Waals surface area (Å²) in [6, 6.07) is 4.23. The Labute approximate surface area is 125 Å². The number of rotatable bonds is 8. The highest BCUT2D eigenvalue weighted by atomic mass is 32.2. The van der Waals surface area contributed by atoms with Crippen LogP contribution in [0, 0.1) is 17.2 Å². The van der Waals surface area contributed by atoms with Crippen LogP contribution in [-0.4, -0.2) is 35.9 Å². The quantitative estimate of drug-likeness (QED) is 0.587. The first-order chi connectivity index (χ1) is 9.64. The zero-order valence-corrected chi connectivity index (χ0v) is 13.5. The Balaban J connectivity index is 2.98. The highest BCUT2D eigenvalue weighted by Gasteiger charge is 2.13. The van der Waals surface area contributed by atoms with Crippen LogP contribution in [0.15, 0.2) is 11.2 Å². The van der Waals surface area contributed by atoms with E-state index in [4.69, 9.17) is 5.26 Å². The molecule has 6 heteroatoms. The monoisotopic (exact) mass is 293 g/mol. The summed E-state index contributed by atoms with van der Waals surface area (Å²) in [6.45, 7) is 8.53. The fourth-order valence-corrected chi connectivity index (χ4v) is 2.14. The molecule has 0 aromatic carbocycles. The Morgan fingerprint density at radius 1 is 1.45 bits per heavy atom. The lowest BCUT2D eigenvalue weighted by Gasteiger charge is -2.23. The third-order valence-corrected chi connectivity index (χ3v) is 3.40. The Morgan fingerprint density at radius 2 is 2.20 bits per heavy atom. The molecule has 110 valence electrons. The normalized spacial score (nSPS) is 11.8. The first-order valence-corrected chi connectivity index (χ1v) is 8.18. The van der Waals surface area contributed by atoms with Crippen molar-refractivity contribution in [2.45, 2.75) is 32.3 Å². The van der Waals surface area contributed by atoms with Gasteiger partial charge in [-0.2, -0.15) is 5.26 Å². The molecule has 0 aliphatic carbocycles. The third kappa shape index (κ3) is 4.89. The van der Waals surface area contributed by atoms with Crippen molar-refractivity contribution in [2.24, 2.45) is 5.92 Å². The maximum absolute atomic E-state index is 8.97. The first-order valence-electron chi connectivity index (χ1n) is 6.96. The number of nitriles is 1. The maximum atomic E-state index is 8.97. The van der Waals surface area contributed by atoms with E-state index in [1.54, 1.807) is 0 Å². The minimum absolute atomic E-state index is 0.0188. The van der Waals surface area contributed by atoms with Crippen molar-refractivity contribution in [3.8, 4) is 6.07 Å². The van der Waals surface area contributed by atoms with Crippen LogP contribution in [0.3, 0.4) is 0 Å². The van der Waals surface area contributed by atoms with E-state index in [1.807, 2.05) is 19.2 Å². The van der Waals surface area contributed by atoms with Gasteiger partial charge in [0.2, 0.25) is 0 Å². The van der Waals surface area contributed by atoms with Gasteiger partial charge in [0, 0.05) is 25.7 Å². The van der Waals surface area contributed by atoms with Crippen LogP contribution in [-0.2, 0) is 0 Å². The number of hydrogen-bond acceptors (Lipinski definition) is 6. The summed E-state index contributed by atoms with van der Waals surface area (Å²) in [5.41, 5.74) is 0. The molecule has 1 unspecified atom stereocenters. The van der Waals surface area contributed by atoms with Crippen molar-refractivity contribution in [1.82, 2.24) is 9.97 Å². The molecule has 0 radical (unpaired) electrons. The number of nitrogens with zero attached hydrogens (tertiary/aromatic N) is 4. The second-order valence-electron chi connectivity index (χ2n) is 4.59. The standard InChI is InChI=1S/C14H23N5S/c1-5-7-16-12-8-13(18-14(17-12)20-4)19(6-2)10-11(3)9-15/h8,11H,5-7,10H2,1-4H3,(H,16,17,18). The molecule has 1 heterocycles. The molecule has 0 bridgehead atoms. The van der Waals surface area contributed by atoms with Crippen molar-refractivity contribution in [1.29, 1.82) is 5.26 Å². The summed E-state index contributed by atoms with van der Waals surface area (Å²) in [5, 5.41) is 13.0. The molecule has 0 amide bonds. The smallest absolute Gasteiger partial charge is 0.191 e. The van der Waals surface area contributed by atoms with Crippen LogP contribution >= 0.6 is 11.8 Å². The molecule has 0 saturated carbocycles. The van der Waals surface area contributed by atoms with E-state index in [1.165, 1.54) is 11.8 Å². The minimum Gasteiger partial charge on any atom is -0.370 e. The topological polar surface area (TPSA) is 64.8 Å². The van der Waals surface area contributed by atoms with Crippen LogP contribution < -0.4 is 10.2 Å². The molecule has 0 spiro atoms. The summed E-state index contributed by atoms with van der Waals surface area (Å²) < 4.78 is 0. The van der Waals surface area contributed by atoms with Crippen LogP contribution in [0.5, 0.6) is 0 Å². The summed E-state index contributed by atoms with van der Waals surface area (Å²) in [5.74, 6) is 1.71. The number of hydrogen-bond donors (Lipinski definition) is 1. The van der Waals surface area contributed by atoms with Gasteiger partial charge < -0.3 is 10.2 Å². The molecular weight excluding hydrogens is 270 g/mol. The number of nitrogens with one attached hydrogen (secondary N) is 1. The van der Waals surface area contributed by atoms with Gasteiger partial charge in [0.15, 0.2) is 5.16 Å². The predicted octanol–water partition coefficient (Wildman–Crippen LogP) is 3.01. The van der Waals surface area contributed by atoms with Crippen LogP contribution in [0.2, 0.25) is 0 Å². The SMILES string of the molecule is CCCNc1cc(N(CC)CC(C)C#N)nc(SC)n1. The molecule has 0 aliphatic heterocycles. The second kappa shape index (κ2) is 8.64. The van der Waals surface area contributed by atoms with E-state index in [-0.39, 0.29) is 5.92 Å². The second-order valence-corrected chi connectivity index (χ2v) is 5.37. The molecule has 1 aromatic rings. The number of thioether (sulfide) groups is 1. The maximum Gasteiger partial charge on any atom is 0.191 e. The van der Waals surface area contributed by atoms with Gasteiger partial charge >= 0.3 is 0 Å². The van der Waals surface area contributed by atoms with Gasteiger partial charge in [0.1, 0.15) is 11.6 Å². The summed E-state index contributed by atoms with van der Waals surface area (Å²) in [7, 11) is 0. The van der Waals surface area contributed by atoms with E-state index < -0.39 is 0 Å².